The van der Waals surface area contributed by atoms with Gasteiger partial charge in [-0.3, -0.25) is 0 Å². The van der Waals surface area contributed by atoms with E-state index in [0.29, 0.717) is 29.4 Å². The van der Waals surface area contributed by atoms with Crippen LogP contribution in [0.25, 0.3) is 0 Å². The van der Waals surface area contributed by atoms with E-state index in [9.17, 15) is 0 Å². The maximum absolute atomic E-state index is 5.58. The molecule has 0 radical (unpaired) electrons. The maximum Gasteiger partial charge on any atom is 0.233 e. The fourth-order valence-electron chi connectivity index (χ4n) is 1.01. The molecular formula is C10H16BrN3O2. The van der Waals surface area contributed by atoms with Crippen molar-refractivity contribution in [3.05, 3.63) is 10.8 Å². The van der Waals surface area contributed by atoms with Crippen LogP contribution in [-0.4, -0.2) is 29.8 Å². The van der Waals surface area contributed by atoms with Gasteiger partial charge in [0.25, 0.3) is 0 Å². The second-order valence-corrected chi connectivity index (χ2v) is 3.99. The Morgan fingerprint density at radius 2 is 2.12 bits per heavy atom. The lowest BCUT2D eigenvalue weighted by atomic mass is 10.4. The largest absolute Gasteiger partial charge is 0.474 e. The Morgan fingerprint density at radius 3 is 2.88 bits per heavy atom. The van der Waals surface area contributed by atoms with Crippen LogP contribution in [0.3, 0.4) is 0 Å². The number of rotatable bonds is 7. The van der Waals surface area contributed by atoms with Gasteiger partial charge in [0.05, 0.1) is 6.61 Å². The van der Waals surface area contributed by atoms with E-state index < -0.39 is 0 Å². The lowest BCUT2D eigenvalue weighted by Gasteiger charge is -2.07. The number of nitrogens with two attached hydrogens (primary N) is 1. The van der Waals surface area contributed by atoms with Gasteiger partial charge in [0.1, 0.15) is 23.2 Å². The molecular weight excluding hydrogens is 274 g/mol. The Morgan fingerprint density at radius 1 is 1.31 bits per heavy atom. The van der Waals surface area contributed by atoms with Gasteiger partial charge in [0.15, 0.2) is 0 Å². The molecule has 0 aliphatic heterocycles. The molecule has 0 saturated heterocycles. The normalized spacial score (nSPS) is 10.4. The van der Waals surface area contributed by atoms with Gasteiger partial charge in [-0.25, -0.2) is 9.97 Å². The predicted octanol–water partition coefficient (Wildman–Crippen LogP) is 2.02. The van der Waals surface area contributed by atoms with Crippen molar-refractivity contribution < 1.29 is 9.47 Å². The smallest absolute Gasteiger partial charge is 0.233 e. The number of aromatic nitrogens is 2. The van der Waals surface area contributed by atoms with Crippen molar-refractivity contribution in [3.63, 3.8) is 0 Å². The topological polar surface area (TPSA) is 70.3 Å². The molecule has 0 aliphatic rings. The van der Waals surface area contributed by atoms with Gasteiger partial charge >= 0.3 is 0 Å². The van der Waals surface area contributed by atoms with Gasteiger partial charge < -0.3 is 15.2 Å². The number of hydrogen-bond donors (Lipinski definition) is 1. The van der Waals surface area contributed by atoms with Gasteiger partial charge in [-0.15, -0.1) is 0 Å². The first-order chi connectivity index (χ1) is 7.75. The number of hydrogen-bond acceptors (Lipinski definition) is 5. The zero-order chi connectivity index (χ0) is 11.8. The Balaban J connectivity index is 2.24. The Kier molecular flexibility index (Phi) is 6.10. The minimum absolute atomic E-state index is 0.372. The summed E-state index contributed by atoms with van der Waals surface area (Å²) in [6, 6.07) is 0. The molecule has 1 aromatic rings. The van der Waals surface area contributed by atoms with Crippen LogP contribution >= 0.6 is 15.9 Å². The van der Waals surface area contributed by atoms with Gasteiger partial charge in [-0.2, -0.15) is 0 Å². The molecule has 16 heavy (non-hydrogen) atoms. The van der Waals surface area contributed by atoms with E-state index in [1.54, 1.807) is 0 Å². The highest BCUT2D eigenvalue weighted by atomic mass is 79.9. The number of nitrogens with zero attached hydrogens (tertiary/aromatic N) is 2. The van der Waals surface area contributed by atoms with Crippen LogP contribution in [0.5, 0.6) is 5.88 Å². The lowest BCUT2D eigenvalue weighted by Crippen LogP contribution is -2.09. The molecule has 2 N–H and O–H groups in total. The fourth-order valence-corrected chi connectivity index (χ4v) is 1.33. The van der Waals surface area contributed by atoms with Gasteiger partial charge in [-0.1, -0.05) is 13.3 Å². The zero-order valence-corrected chi connectivity index (χ0v) is 10.9. The van der Waals surface area contributed by atoms with E-state index in [4.69, 9.17) is 15.2 Å². The van der Waals surface area contributed by atoms with Crippen LogP contribution in [0.15, 0.2) is 10.8 Å². The summed E-state index contributed by atoms with van der Waals surface area (Å²) in [5.41, 5.74) is 5.58. The van der Waals surface area contributed by atoms with Crippen LogP contribution < -0.4 is 10.5 Å². The summed E-state index contributed by atoms with van der Waals surface area (Å²) in [7, 11) is 0. The highest BCUT2D eigenvalue weighted by Gasteiger charge is 2.06. The van der Waals surface area contributed by atoms with Crippen molar-refractivity contribution in [2.45, 2.75) is 19.8 Å². The van der Waals surface area contributed by atoms with Crippen LogP contribution in [0.1, 0.15) is 19.8 Å². The van der Waals surface area contributed by atoms with Crippen LogP contribution in [0, 0.1) is 0 Å². The van der Waals surface area contributed by atoms with Gasteiger partial charge in [0.2, 0.25) is 5.88 Å². The fraction of sp³-hybridized carbons (Fsp3) is 0.600. The first kappa shape index (κ1) is 13.2. The second kappa shape index (κ2) is 7.40. The molecule has 0 aliphatic carbocycles. The quantitative estimate of drug-likeness (QED) is 0.778. The molecule has 0 aromatic carbocycles. The highest BCUT2D eigenvalue weighted by Crippen LogP contribution is 2.25. The van der Waals surface area contributed by atoms with Crippen molar-refractivity contribution in [2.75, 3.05) is 25.6 Å². The van der Waals surface area contributed by atoms with E-state index in [1.165, 1.54) is 6.33 Å². The van der Waals surface area contributed by atoms with E-state index in [1.807, 2.05) is 0 Å². The average Bonchev–Trinajstić information content (AvgIpc) is 2.29. The summed E-state index contributed by atoms with van der Waals surface area (Å²) in [4.78, 5) is 7.77. The number of ether oxygens (including phenoxy) is 2. The van der Waals surface area contributed by atoms with Crippen LogP contribution in [0.2, 0.25) is 0 Å². The third-order valence-corrected chi connectivity index (χ3v) is 2.64. The number of nitrogen functional groups attached to an aromatic ring is 1. The predicted molar refractivity (Wildman–Crippen MR) is 65.4 cm³/mol. The SMILES string of the molecule is CCCCOCCOc1ncnc(N)c1Br. The summed E-state index contributed by atoms with van der Waals surface area (Å²) < 4.78 is 11.3. The molecule has 1 rings (SSSR count). The molecule has 90 valence electrons. The van der Waals surface area contributed by atoms with Gasteiger partial charge in [-0.05, 0) is 22.4 Å². The van der Waals surface area contributed by atoms with Crippen molar-refractivity contribution in [3.8, 4) is 5.88 Å². The lowest BCUT2D eigenvalue weighted by molar-refractivity contribution is 0.0962. The molecule has 6 heteroatoms. The number of halogens is 1. The van der Waals surface area contributed by atoms with E-state index in [-0.39, 0.29) is 0 Å². The summed E-state index contributed by atoms with van der Waals surface area (Å²) in [5.74, 6) is 0.823. The minimum Gasteiger partial charge on any atom is -0.474 e. The maximum atomic E-state index is 5.58. The molecule has 5 nitrogen and oxygen atoms in total. The monoisotopic (exact) mass is 289 g/mol. The molecule has 1 heterocycles. The third-order valence-electron chi connectivity index (χ3n) is 1.89. The van der Waals surface area contributed by atoms with Gasteiger partial charge in [0, 0.05) is 6.61 Å². The molecule has 0 amide bonds. The Labute approximate surface area is 103 Å². The van der Waals surface area contributed by atoms with Crippen molar-refractivity contribution in [2.24, 2.45) is 0 Å². The highest BCUT2D eigenvalue weighted by molar-refractivity contribution is 9.10. The van der Waals surface area contributed by atoms with E-state index in [0.717, 1.165) is 19.4 Å². The van der Waals surface area contributed by atoms with Crippen LogP contribution in [0.4, 0.5) is 5.82 Å². The summed E-state index contributed by atoms with van der Waals surface area (Å²) >= 11 is 3.26. The standard InChI is InChI=1S/C10H16BrN3O2/c1-2-3-4-15-5-6-16-10-8(11)9(12)13-7-14-10/h7H,2-6H2,1H3,(H2,12,13,14). The van der Waals surface area contributed by atoms with E-state index in [2.05, 4.69) is 32.8 Å². The average molecular weight is 290 g/mol. The minimum atomic E-state index is 0.372. The van der Waals surface area contributed by atoms with Crippen molar-refractivity contribution >= 4 is 21.7 Å². The van der Waals surface area contributed by atoms with Crippen LogP contribution in [-0.2, 0) is 4.74 Å². The molecule has 0 unspecified atom stereocenters. The molecule has 1 aromatic heterocycles. The van der Waals surface area contributed by atoms with E-state index >= 15 is 0 Å². The third kappa shape index (κ3) is 4.32. The molecule has 0 saturated carbocycles. The Hall–Kier alpha value is -0.880. The summed E-state index contributed by atoms with van der Waals surface area (Å²) in [6.07, 6.45) is 3.58. The first-order valence-corrected chi connectivity index (χ1v) is 6.01. The number of anilines is 1. The first-order valence-electron chi connectivity index (χ1n) is 5.22. The van der Waals surface area contributed by atoms with Crippen molar-refractivity contribution in [1.82, 2.24) is 9.97 Å². The summed E-state index contributed by atoms with van der Waals surface area (Å²) in [6.45, 7) is 3.91. The molecule has 0 bridgehead atoms. The molecule has 0 fully saturated rings. The molecule has 0 atom stereocenters. The Bertz CT molecular complexity index is 323. The summed E-state index contributed by atoms with van der Waals surface area (Å²) in [5, 5.41) is 0. The number of unbranched alkanes of at least 4 members (excludes halogenated alkanes) is 1. The zero-order valence-electron chi connectivity index (χ0n) is 9.28. The second-order valence-electron chi connectivity index (χ2n) is 3.19. The molecule has 0 spiro atoms. The van der Waals surface area contributed by atoms with Crippen molar-refractivity contribution in [1.29, 1.82) is 0 Å².